The summed E-state index contributed by atoms with van der Waals surface area (Å²) < 4.78 is 35.2. The molecule has 0 spiro atoms. The van der Waals surface area contributed by atoms with E-state index < -0.39 is 15.7 Å². The molecule has 2 saturated heterocycles. The average Bonchev–Trinajstić information content (AvgIpc) is 3.33. The maximum atomic E-state index is 12.7. The van der Waals surface area contributed by atoms with Gasteiger partial charge >= 0.3 is 0 Å². The van der Waals surface area contributed by atoms with Crippen molar-refractivity contribution in [1.29, 1.82) is 0 Å². The van der Waals surface area contributed by atoms with Gasteiger partial charge in [-0.25, -0.2) is 8.42 Å². The normalized spacial score (nSPS) is 25.4. The number of nitrogens with zero attached hydrogens (tertiary/aromatic N) is 2. The molecule has 0 radical (unpaired) electrons. The highest BCUT2D eigenvalue weighted by atomic mass is 35.5. The SMILES string of the molecule is O=C(N=C1SC2CS(=O)(=O)CC2N1c1ccc2c(c1)OCO2)c1ccc(Cl)cc1. The van der Waals surface area contributed by atoms with Crippen LogP contribution < -0.4 is 14.4 Å². The lowest BCUT2D eigenvalue weighted by Crippen LogP contribution is -2.37. The van der Waals surface area contributed by atoms with Crippen LogP contribution in [0.3, 0.4) is 0 Å². The highest BCUT2D eigenvalue weighted by molar-refractivity contribution is 8.16. The fraction of sp³-hybridized carbons (Fsp3) is 0.263. The molecule has 0 N–H and O–H groups in total. The van der Waals surface area contributed by atoms with Gasteiger partial charge in [0.05, 0.1) is 17.5 Å². The number of anilines is 1. The Morgan fingerprint density at radius 2 is 1.86 bits per heavy atom. The predicted octanol–water partition coefficient (Wildman–Crippen LogP) is 2.98. The summed E-state index contributed by atoms with van der Waals surface area (Å²) in [5.41, 5.74) is 1.13. The Balaban J connectivity index is 1.53. The summed E-state index contributed by atoms with van der Waals surface area (Å²) in [6.45, 7) is 0.143. The largest absolute Gasteiger partial charge is 0.454 e. The molecule has 0 aromatic heterocycles. The zero-order chi connectivity index (χ0) is 20.2. The van der Waals surface area contributed by atoms with E-state index in [0.717, 1.165) is 0 Å². The molecule has 2 aromatic rings. The molecule has 2 aromatic carbocycles. The van der Waals surface area contributed by atoms with Crippen LogP contribution in [0.4, 0.5) is 5.69 Å². The van der Waals surface area contributed by atoms with Gasteiger partial charge in [0, 0.05) is 27.6 Å². The number of ether oxygens (including phenoxy) is 2. The van der Waals surface area contributed by atoms with Crippen LogP contribution in [-0.4, -0.2) is 49.1 Å². The highest BCUT2D eigenvalue weighted by Crippen LogP contribution is 2.44. The fourth-order valence-electron chi connectivity index (χ4n) is 3.65. The smallest absolute Gasteiger partial charge is 0.279 e. The molecule has 150 valence electrons. The first kappa shape index (κ1) is 18.8. The van der Waals surface area contributed by atoms with Gasteiger partial charge in [-0.2, -0.15) is 4.99 Å². The number of halogens is 1. The lowest BCUT2D eigenvalue weighted by Gasteiger charge is -2.24. The third-order valence-corrected chi connectivity index (χ3v) is 8.45. The Labute approximate surface area is 176 Å². The second kappa shape index (κ2) is 6.93. The second-order valence-electron chi connectivity index (χ2n) is 6.91. The summed E-state index contributed by atoms with van der Waals surface area (Å²) in [5, 5.41) is 0.835. The summed E-state index contributed by atoms with van der Waals surface area (Å²) in [7, 11) is -3.14. The standard InChI is InChI=1S/C19H15ClN2O5S2/c20-12-3-1-11(2-4-12)18(23)21-19-22(14-8-29(24,25)9-17(14)28-19)13-5-6-15-16(7-13)27-10-26-15/h1-7,14,17H,8-10H2. The van der Waals surface area contributed by atoms with E-state index in [1.165, 1.54) is 11.8 Å². The Morgan fingerprint density at radius 3 is 2.66 bits per heavy atom. The minimum Gasteiger partial charge on any atom is -0.454 e. The van der Waals surface area contributed by atoms with Crippen molar-refractivity contribution in [3.8, 4) is 11.5 Å². The Bertz CT molecular complexity index is 1130. The molecule has 3 heterocycles. The number of thioether (sulfide) groups is 1. The van der Waals surface area contributed by atoms with Gasteiger partial charge < -0.3 is 14.4 Å². The van der Waals surface area contributed by atoms with Crippen LogP contribution in [-0.2, 0) is 9.84 Å². The minimum atomic E-state index is -3.14. The Hall–Kier alpha value is -2.23. The second-order valence-corrected chi connectivity index (χ2v) is 10.7. The number of aliphatic imine (C=N–C) groups is 1. The van der Waals surface area contributed by atoms with Gasteiger partial charge in [-0.3, -0.25) is 4.79 Å². The number of hydrogen-bond acceptors (Lipinski definition) is 6. The number of fused-ring (bicyclic) bond motifs is 2. The van der Waals surface area contributed by atoms with Crippen LogP contribution in [0.2, 0.25) is 5.02 Å². The van der Waals surface area contributed by atoms with E-state index in [0.29, 0.717) is 32.9 Å². The van der Waals surface area contributed by atoms with Crippen molar-refractivity contribution in [1.82, 2.24) is 0 Å². The summed E-state index contributed by atoms with van der Waals surface area (Å²) in [4.78, 5) is 18.8. The fourth-order valence-corrected chi connectivity index (χ4v) is 7.68. The molecule has 1 amide bonds. The molecule has 2 unspecified atom stereocenters. The molecular weight excluding hydrogens is 436 g/mol. The first-order valence-electron chi connectivity index (χ1n) is 8.84. The van der Waals surface area contributed by atoms with Gasteiger partial charge in [0.15, 0.2) is 26.5 Å². The molecule has 0 bridgehead atoms. The third kappa shape index (κ3) is 3.47. The quantitative estimate of drug-likeness (QED) is 0.695. The topological polar surface area (TPSA) is 85.3 Å². The van der Waals surface area contributed by atoms with Crippen LogP contribution in [0.15, 0.2) is 47.5 Å². The number of sulfone groups is 1. The molecular formula is C19H15ClN2O5S2. The van der Waals surface area contributed by atoms with Crippen molar-refractivity contribution < 1.29 is 22.7 Å². The maximum absolute atomic E-state index is 12.7. The van der Waals surface area contributed by atoms with Crippen molar-refractivity contribution in [2.45, 2.75) is 11.3 Å². The van der Waals surface area contributed by atoms with Crippen molar-refractivity contribution in [2.75, 3.05) is 23.2 Å². The number of amidine groups is 1. The molecule has 0 saturated carbocycles. The molecule has 29 heavy (non-hydrogen) atoms. The number of hydrogen-bond donors (Lipinski definition) is 0. The maximum Gasteiger partial charge on any atom is 0.279 e. The molecule has 0 aliphatic carbocycles. The minimum absolute atomic E-state index is 0.0211. The van der Waals surface area contributed by atoms with E-state index in [9.17, 15) is 13.2 Å². The number of benzene rings is 2. The molecule has 3 aliphatic rings. The zero-order valence-corrected chi connectivity index (χ0v) is 17.3. The highest BCUT2D eigenvalue weighted by Gasteiger charge is 2.49. The van der Waals surface area contributed by atoms with Gasteiger partial charge in [0.1, 0.15) is 0 Å². The number of carbonyl (C=O) groups is 1. The molecule has 7 nitrogen and oxygen atoms in total. The predicted molar refractivity (Wildman–Crippen MR) is 112 cm³/mol. The van der Waals surface area contributed by atoms with E-state index in [1.54, 1.807) is 36.4 Å². The summed E-state index contributed by atoms with van der Waals surface area (Å²) in [6, 6.07) is 11.6. The summed E-state index contributed by atoms with van der Waals surface area (Å²) in [5.74, 6) is 0.898. The van der Waals surface area contributed by atoms with Crippen LogP contribution in [0, 0.1) is 0 Å². The van der Waals surface area contributed by atoms with Gasteiger partial charge in [-0.1, -0.05) is 23.4 Å². The number of amides is 1. The molecule has 2 atom stereocenters. The summed E-state index contributed by atoms with van der Waals surface area (Å²) in [6.07, 6.45) is 0. The molecule has 10 heteroatoms. The Kier molecular flexibility index (Phi) is 4.49. The van der Waals surface area contributed by atoms with Gasteiger partial charge in [-0.05, 0) is 36.4 Å². The van der Waals surface area contributed by atoms with E-state index >= 15 is 0 Å². The van der Waals surface area contributed by atoms with Crippen LogP contribution in [0.1, 0.15) is 10.4 Å². The Morgan fingerprint density at radius 1 is 1.10 bits per heavy atom. The monoisotopic (exact) mass is 450 g/mol. The van der Waals surface area contributed by atoms with Crippen LogP contribution >= 0.6 is 23.4 Å². The van der Waals surface area contributed by atoms with Gasteiger partial charge in [0.25, 0.3) is 5.91 Å². The number of rotatable bonds is 2. The third-order valence-electron chi connectivity index (χ3n) is 4.99. The lowest BCUT2D eigenvalue weighted by atomic mass is 10.2. The van der Waals surface area contributed by atoms with E-state index in [-0.39, 0.29) is 29.6 Å². The van der Waals surface area contributed by atoms with Gasteiger partial charge in [-0.15, -0.1) is 0 Å². The van der Waals surface area contributed by atoms with Crippen molar-refractivity contribution in [2.24, 2.45) is 4.99 Å². The van der Waals surface area contributed by atoms with Crippen LogP contribution in [0.25, 0.3) is 0 Å². The van der Waals surface area contributed by atoms with E-state index in [4.69, 9.17) is 21.1 Å². The molecule has 2 fully saturated rings. The lowest BCUT2D eigenvalue weighted by molar-refractivity contribution is 0.100. The van der Waals surface area contributed by atoms with Crippen molar-refractivity contribution >= 4 is 50.0 Å². The van der Waals surface area contributed by atoms with Crippen molar-refractivity contribution in [3.63, 3.8) is 0 Å². The van der Waals surface area contributed by atoms with Crippen LogP contribution in [0.5, 0.6) is 11.5 Å². The van der Waals surface area contributed by atoms with E-state index in [1.807, 2.05) is 11.0 Å². The zero-order valence-electron chi connectivity index (χ0n) is 14.9. The first-order chi connectivity index (χ1) is 13.9. The van der Waals surface area contributed by atoms with Gasteiger partial charge in [0.2, 0.25) is 6.79 Å². The first-order valence-corrected chi connectivity index (χ1v) is 11.9. The van der Waals surface area contributed by atoms with Crippen molar-refractivity contribution in [3.05, 3.63) is 53.1 Å². The number of carbonyl (C=O) groups excluding carboxylic acids is 1. The molecule has 5 rings (SSSR count). The average molecular weight is 451 g/mol. The molecule has 3 aliphatic heterocycles. The van der Waals surface area contributed by atoms with E-state index in [2.05, 4.69) is 4.99 Å². The summed E-state index contributed by atoms with van der Waals surface area (Å²) >= 11 is 7.21.